The van der Waals surface area contributed by atoms with Gasteiger partial charge in [-0.05, 0) is 37.1 Å². The van der Waals surface area contributed by atoms with Crippen LogP contribution in [0.15, 0.2) is 48.8 Å². The zero-order chi connectivity index (χ0) is 21.1. The van der Waals surface area contributed by atoms with E-state index in [9.17, 15) is 18.0 Å². The van der Waals surface area contributed by atoms with E-state index in [1.165, 1.54) is 18.5 Å². The Hall–Kier alpha value is -3.23. The van der Waals surface area contributed by atoms with E-state index < -0.39 is 17.6 Å². The average Bonchev–Trinajstić information content (AvgIpc) is 2.76. The minimum atomic E-state index is -4.53. The summed E-state index contributed by atoms with van der Waals surface area (Å²) in [6.45, 7) is 0.982. The number of ether oxygens (including phenoxy) is 1. The maximum atomic E-state index is 13.1. The highest BCUT2D eigenvalue weighted by atomic mass is 19.4. The van der Waals surface area contributed by atoms with Crippen LogP contribution in [0.25, 0.3) is 11.0 Å². The number of likely N-dealkylation sites (tertiary alicyclic amines) is 1. The molecule has 3 aromatic rings. The quantitative estimate of drug-likeness (QED) is 0.644. The summed E-state index contributed by atoms with van der Waals surface area (Å²) in [4.78, 5) is 26.9. The molecule has 156 valence electrons. The first-order valence-corrected chi connectivity index (χ1v) is 9.58. The van der Waals surface area contributed by atoms with Crippen molar-refractivity contribution >= 4 is 16.9 Å². The van der Waals surface area contributed by atoms with E-state index in [0.29, 0.717) is 24.1 Å². The van der Waals surface area contributed by atoms with Crippen LogP contribution in [0.2, 0.25) is 0 Å². The highest BCUT2D eigenvalue weighted by Gasteiger charge is 2.35. The smallest absolute Gasteiger partial charge is 0.421 e. The summed E-state index contributed by atoms with van der Waals surface area (Å²) < 4.78 is 44.7. The normalized spacial score (nSPS) is 17.2. The molecule has 1 amide bonds. The minimum Gasteiger partial charge on any atom is -0.477 e. The molecule has 1 aliphatic rings. The fourth-order valence-corrected chi connectivity index (χ4v) is 3.53. The SMILES string of the molecule is O=C(c1cnc2ccccc2n1)N1CCCC(COc2ncccc2C(F)(F)F)C1. The minimum absolute atomic E-state index is 0.0489. The molecule has 0 bridgehead atoms. The molecular weight excluding hydrogens is 397 g/mol. The van der Waals surface area contributed by atoms with Gasteiger partial charge < -0.3 is 9.64 Å². The Balaban J connectivity index is 1.43. The fourth-order valence-electron chi connectivity index (χ4n) is 3.53. The van der Waals surface area contributed by atoms with E-state index >= 15 is 0 Å². The number of piperidine rings is 1. The molecule has 1 fully saturated rings. The van der Waals surface area contributed by atoms with Crippen LogP contribution in [0, 0.1) is 5.92 Å². The van der Waals surface area contributed by atoms with Crippen LogP contribution in [0.3, 0.4) is 0 Å². The molecule has 0 saturated carbocycles. The molecule has 1 atom stereocenters. The molecule has 6 nitrogen and oxygen atoms in total. The predicted octanol–water partition coefficient (Wildman–Crippen LogP) is 3.97. The van der Waals surface area contributed by atoms with Crippen molar-refractivity contribution in [3.8, 4) is 5.88 Å². The van der Waals surface area contributed by atoms with Gasteiger partial charge in [0.15, 0.2) is 0 Å². The molecule has 30 heavy (non-hydrogen) atoms. The maximum Gasteiger partial charge on any atom is 0.421 e. The van der Waals surface area contributed by atoms with Gasteiger partial charge in [0.25, 0.3) is 5.91 Å². The molecule has 1 saturated heterocycles. The van der Waals surface area contributed by atoms with E-state index in [4.69, 9.17) is 4.74 Å². The number of fused-ring (bicyclic) bond motifs is 1. The number of carbonyl (C=O) groups is 1. The summed E-state index contributed by atoms with van der Waals surface area (Å²) in [5, 5.41) is 0. The Bertz CT molecular complexity index is 1060. The largest absolute Gasteiger partial charge is 0.477 e. The van der Waals surface area contributed by atoms with Gasteiger partial charge in [-0.15, -0.1) is 0 Å². The number of hydrogen-bond donors (Lipinski definition) is 0. The van der Waals surface area contributed by atoms with E-state index in [-0.39, 0.29) is 24.1 Å². The van der Waals surface area contributed by atoms with E-state index in [2.05, 4.69) is 15.0 Å². The van der Waals surface area contributed by atoms with Gasteiger partial charge in [-0.2, -0.15) is 13.2 Å². The number of amides is 1. The number of aromatic nitrogens is 3. The van der Waals surface area contributed by atoms with Crippen molar-refractivity contribution in [2.75, 3.05) is 19.7 Å². The molecule has 0 radical (unpaired) electrons. The fraction of sp³-hybridized carbons (Fsp3) is 0.333. The van der Waals surface area contributed by atoms with Gasteiger partial charge in [-0.3, -0.25) is 9.78 Å². The molecule has 1 aromatic carbocycles. The summed E-state index contributed by atoms with van der Waals surface area (Å²) in [5.41, 5.74) is 0.685. The predicted molar refractivity (Wildman–Crippen MR) is 103 cm³/mol. The first-order chi connectivity index (χ1) is 14.4. The van der Waals surface area contributed by atoms with Crippen molar-refractivity contribution in [3.63, 3.8) is 0 Å². The molecule has 3 heterocycles. The molecule has 0 spiro atoms. The molecule has 0 N–H and O–H groups in total. The molecule has 1 unspecified atom stereocenters. The Morgan fingerprint density at radius 2 is 1.93 bits per heavy atom. The lowest BCUT2D eigenvalue weighted by molar-refractivity contribution is -0.139. The Labute approximate surface area is 170 Å². The second-order valence-electron chi connectivity index (χ2n) is 7.17. The van der Waals surface area contributed by atoms with Gasteiger partial charge in [-0.1, -0.05) is 12.1 Å². The summed E-state index contributed by atoms with van der Waals surface area (Å²) in [6.07, 6.45) is -0.336. The second-order valence-corrected chi connectivity index (χ2v) is 7.17. The zero-order valence-electron chi connectivity index (χ0n) is 16.0. The molecule has 0 aliphatic carbocycles. The lowest BCUT2D eigenvalue weighted by atomic mass is 9.98. The monoisotopic (exact) mass is 416 g/mol. The van der Waals surface area contributed by atoms with E-state index in [0.717, 1.165) is 18.9 Å². The summed E-state index contributed by atoms with van der Waals surface area (Å²) in [5.74, 6) is -0.778. The number of hydrogen-bond acceptors (Lipinski definition) is 5. The Kier molecular flexibility index (Phi) is 5.52. The van der Waals surface area contributed by atoms with E-state index in [1.54, 1.807) is 11.0 Å². The second kappa shape index (κ2) is 8.25. The Morgan fingerprint density at radius 3 is 2.73 bits per heavy atom. The highest BCUT2D eigenvalue weighted by molar-refractivity contribution is 5.93. The lowest BCUT2D eigenvalue weighted by Crippen LogP contribution is -2.42. The van der Waals surface area contributed by atoms with Gasteiger partial charge in [0.1, 0.15) is 11.3 Å². The molecular formula is C21H19F3N4O2. The number of halogens is 3. The third kappa shape index (κ3) is 4.34. The standard InChI is InChI=1S/C21H19F3N4O2/c22-21(23,24)15-6-3-9-25-19(15)30-13-14-5-4-10-28(12-14)20(29)18-11-26-16-7-1-2-8-17(16)27-18/h1-3,6-9,11,14H,4-5,10,12-13H2. The average molecular weight is 416 g/mol. The van der Waals surface area contributed by atoms with Crippen LogP contribution in [0.5, 0.6) is 5.88 Å². The maximum absolute atomic E-state index is 13.1. The number of para-hydroxylation sites is 2. The topological polar surface area (TPSA) is 68.2 Å². The third-order valence-corrected chi connectivity index (χ3v) is 5.01. The summed E-state index contributed by atoms with van der Waals surface area (Å²) in [7, 11) is 0. The number of pyridine rings is 1. The van der Waals surface area contributed by atoms with Crippen molar-refractivity contribution < 1.29 is 22.7 Å². The first-order valence-electron chi connectivity index (χ1n) is 9.58. The first kappa shape index (κ1) is 20.1. The zero-order valence-corrected chi connectivity index (χ0v) is 16.0. The summed E-state index contributed by atoms with van der Waals surface area (Å²) in [6, 6.07) is 9.44. The number of benzene rings is 1. The van der Waals surface area contributed by atoms with Gasteiger partial charge >= 0.3 is 6.18 Å². The van der Waals surface area contributed by atoms with Gasteiger partial charge in [0.05, 0.1) is 23.8 Å². The van der Waals surface area contributed by atoms with Crippen molar-refractivity contribution in [1.29, 1.82) is 0 Å². The van der Waals surface area contributed by atoms with Gasteiger partial charge in [-0.25, -0.2) is 9.97 Å². The van der Waals surface area contributed by atoms with Crippen molar-refractivity contribution in [1.82, 2.24) is 19.9 Å². The Morgan fingerprint density at radius 1 is 1.13 bits per heavy atom. The van der Waals surface area contributed by atoms with Crippen LogP contribution >= 0.6 is 0 Å². The third-order valence-electron chi connectivity index (χ3n) is 5.01. The van der Waals surface area contributed by atoms with Gasteiger partial charge in [0, 0.05) is 25.2 Å². The van der Waals surface area contributed by atoms with Gasteiger partial charge in [0.2, 0.25) is 5.88 Å². The van der Waals surface area contributed by atoms with Crippen molar-refractivity contribution in [3.05, 3.63) is 60.0 Å². The number of rotatable bonds is 4. The molecule has 2 aromatic heterocycles. The lowest BCUT2D eigenvalue weighted by Gasteiger charge is -2.32. The van der Waals surface area contributed by atoms with Crippen LogP contribution in [0.1, 0.15) is 28.9 Å². The summed E-state index contributed by atoms with van der Waals surface area (Å²) >= 11 is 0. The van der Waals surface area contributed by atoms with Crippen molar-refractivity contribution in [2.45, 2.75) is 19.0 Å². The highest BCUT2D eigenvalue weighted by Crippen LogP contribution is 2.35. The molecule has 4 rings (SSSR count). The molecule has 9 heteroatoms. The van der Waals surface area contributed by atoms with Crippen LogP contribution < -0.4 is 4.74 Å². The van der Waals surface area contributed by atoms with Crippen LogP contribution in [-0.2, 0) is 6.18 Å². The van der Waals surface area contributed by atoms with Crippen molar-refractivity contribution in [2.24, 2.45) is 5.92 Å². The number of alkyl halides is 3. The number of carbonyl (C=O) groups excluding carboxylic acids is 1. The number of nitrogens with zero attached hydrogens (tertiary/aromatic N) is 4. The van der Waals surface area contributed by atoms with E-state index in [1.807, 2.05) is 18.2 Å². The van der Waals surface area contributed by atoms with Crippen LogP contribution in [0.4, 0.5) is 13.2 Å². The van der Waals surface area contributed by atoms with Crippen LogP contribution in [-0.4, -0.2) is 45.5 Å². The molecule has 1 aliphatic heterocycles.